The lowest BCUT2D eigenvalue weighted by molar-refractivity contribution is 0.0695. The van der Waals surface area contributed by atoms with Gasteiger partial charge in [-0.3, -0.25) is 9.80 Å². The molecule has 0 aliphatic carbocycles. The summed E-state index contributed by atoms with van der Waals surface area (Å²) in [5.41, 5.74) is 1.08. The van der Waals surface area contributed by atoms with Gasteiger partial charge in [-0.15, -0.1) is 0 Å². The van der Waals surface area contributed by atoms with Crippen LogP contribution in [0.3, 0.4) is 0 Å². The summed E-state index contributed by atoms with van der Waals surface area (Å²) in [5.74, 6) is -0.133. The molecule has 0 bridgehead atoms. The van der Waals surface area contributed by atoms with E-state index in [4.69, 9.17) is 0 Å². The van der Waals surface area contributed by atoms with Gasteiger partial charge in [-0.2, -0.15) is 0 Å². The van der Waals surface area contributed by atoms with E-state index in [9.17, 15) is 4.39 Å². The summed E-state index contributed by atoms with van der Waals surface area (Å²) in [7, 11) is 0. The van der Waals surface area contributed by atoms with Crippen LogP contribution in [0.1, 0.15) is 5.56 Å². The zero-order valence-corrected chi connectivity index (χ0v) is 10.6. The lowest BCUT2D eigenvalue weighted by Crippen LogP contribution is -2.61. The summed E-state index contributed by atoms with van der Waals surface area (Å²) in [6.07, 6.45) is 0. The third-order valence-corrected chi connectivity index (χ3v) is 3.98. The van der Waals surface area contributed by atoms with Gasteiger partial charge in [0, 0.05) is 51.9 Å². The predicted octanol–water partition coefficient (Wildman–Crippen LogP) is 0.915. The number of hydrogen-bond acceptors (Lipinski definition) is 3. The monoisotopic (exact) mass is 249 g/mol. The van der Waals surface area contributed by atoms with E-state index in [0.29, 0.717) is 0 Å². The van der Waals surface area contributed by atoms with Crippen LogP contribution in [-0.2, 0) is 6.54 Å². The largest absolute Gasteiger partial charge is 0.314 e. The summed E-state index contributed by atoms with van der Waals surface area (Å²) in [4.78, 5) is 4.98. The number of rotatable bonds is 3. The van der Waals surface area contributed by atoms with E-state index in [1.165, 1.54) is 6.07 Å². The Morgan fingerprint density at radius 3 is 2.56 bits per heavy atom. The summed E-state index contributed by atoms with van der Waals surface area (Å²) in [5, 5.41) is 3.32. The second-order valence-corrected chi connectivity index (χ2v) is 5.25. The number of nitrogens with zero attached hydrogens (tertiary/aromatic N) is 2. The Hall–Kier alpha value is -0.970. The van der Waals surface area contributed by atoms with Crippen molar-refractivity contribution in [1.82, 2.24) is 15.1 Å². The van der Waals surface area contributed by atoms with E-state index in [1.807, 2.05) is 6.07 Å². The first-order valence-electron chi connectivity index (χ1n) is 6.73. The minimum atomic E-state index is -0.133. The van der Waals surface area contributed by atoms with Crippen LogP contribution in [0.5, 0.6) is 0 Å². The molecule has 0 radical (unpaired) electrons. The molecule has 0 spiro atoms. The van der Waals surface area contributed by atoms with Gasteiger partial charge in [-0.25, -0.2) is 4.39 Å². The van der Waals surface area contributed by atoms with Gasteiger partial charge in [-0.05, 0) is 17.7 Å². The van der Waals surface area contributed by atoms with E-state index < -0.39 is 0 Å². The summed E-state index contributed by atoms with van der Waals surface area (Å²) in [6, 6.07) is 7.70. The minimum absolute atomic E-state index is 0.133. The zero-order valence-electron chi connectivity index (χ0n) is 10.6. The van der Waals surface area contributed by atoms with E-state index in [-0.39, 0.29) is 5.82 Å². The second-order valence-electron chi connectivity index (χ2n) is 5.25. The minimum Gasteiger partial charge on any atom is -0.314 e. The van der Waals surface area contributed by atoms with Gasteiger partial charge in [0.05, 0.1) is 0 Å². The molecule has 3 nitrogen and oxygen atoms in total. The highest BCUT2D eigenvalue weighted by Crippen LogP contribution is 2.13. The maximum Gasteiger partial charge on any atom is 0.123 e. The SMILES string of the molecule is Fc1cccc(CN2CCN(C3CNC3)CC2)c1. The van der Waals surface area contributed by atoms with Crippen LogP contribution in [0.2, 0.25) is 0 Å². The molecule has 4 heteroatoms. The topological polar surface area (TPSA) is 18.5 Å². The van der Waals surface area contributed by atoms with Gasteiger partial charge in [-0.1, -0.05) is 12.1 Å². The fourth-order valence-electron chi connectivity index (χ4n) is 2.71. The van der Waals surface area contributed by atoms with Crippen molar-refractivity contribution in [2.75, 3.05) is 39.3 Å². The first-order chi connectivity index (χ1) is 8.81. The molecule has 1 N–H and O–H groups in total. The molecule has 0 atom stereocenters. The van der Waals surface area contributed by atoms with Gasteiger partial charge >= 0.3 is 0 Å². The van der Waals surface area contributed by atoms with E-state index in [2.05, 4.69) is 15.1 Å². The first kappa shape index (κ1) is 12.1. The number of hydrogen-bond donors (Lipinski definition) is 1. The highest BCUT2D eigenvalue weighted by atomic mass is 19.1. The fourth-order valence-corrected chi connectivity index (χ4v) is 2.71. The van der Waals surface area contributed by atoms with Crippen LogP contribution in [0.4, 0.5) is 4.39 Å². The first-order valence-corrected chi connectivity index (χ1v) is 6.73. The predicted molar refractivity (Wildman–Crippen MR) is 69.9 cm³/mol. The summed E-state index contributed by atoms with van der Waals surface area (Å²) < 4.78 is 13.1. The van der Waals surface area contributed by atoms with Crippen LogP contribution in [-0.4, -0.2) is 55.1 Å². The Kier molecular flexibility index (Phi) is 3.59. The molecule has 0 unspecified atom stereocenters. The van der Waals surface area contributed by atoms with Crippen molar-refractivity contribution in [1.29, 1.82) is 0 Å². The number of benzene rings is 1. The third kappa shape index (κ3) is 2.71. The maximum absolute atomic E-state index is 13.1. The molecule has 2 saturated heterocycles. The molecule has 2 heterocycles. The van der Waals surface area contributed by atoms with Crippen LogP contribution in [0.15, 0.2) is 24.3 Å². The van der Waals surface area contributed by atoms with Crippen LogP contribution >= 0.6 is 0 Å². The van der Waals surface area contributed by atoms with Gasteiger partial charge in [0.2, 0.25) is 0 Å². The van der Waals surface area contributed by atoms with Crippen molar-refractivity contribution < 1.29 is 4.39 Å². The van der Waals surface area contributed by atoms with Crippen molar-refractivity contribution in [2.45, 2.75) is 12.6 Å². The van der Waals surface area contributed by atoms with Crippen molar-refractivity contribution in [3.63, 3.8) is 0 Å². The average molecular weight is 249 g/mol. The Morgan fingerprint density at radius 2 is 1.94 bits per heavy atom. The zero-order chi connectivity index (χ0) is 12.4. The molecule has 98 valence electrons. The quantitative estimate of drug-likeness (QED) is 0.859. The smallest absolute Gasteiger partial charge is 0.123 e. The maximum atomic E-state index is 13.1. The third-order valence-electron chi connectivity index (χ3n) is 3.98. The summed E-state index contributed by atoms with van der Waals surface area (Å²) >= 11 is 0. The Bertz CT molecular complexity index is 398. The average Bonchev–Trinajstić information content (AvgIpc) is 2.29. The Morgan fingerprint density at radius 1 is 1.17 bits per heavy atom. The van der Waals surface area contributed by atoms with Crippen molar-refractivity contribution >= 4 is 0 Å². The molecule has 18 heavy (non-hydrogen) atoms. The Balaban J connectivity index is 1.50. The lowest BCUT2D eigenvalue weighted by atomic mass is 10.1. The van der Waals surface area contributed by atoms with Crippen LogP contribution in [0.25, 0.3) is 0 Å². The van der Waals surface area contributed by atoms with Gasteiger partial charge < -0.3 is 5.32 Å². The molecule has 0 aromatic heterocycles. The molecule has 2 fully saturated rings. The normalized spacial score (nSPS) is 22.9. The van der Waals surface area contributed by atoms with Gasteiger partial charge in [0.1, 0.15) is 5.82 Å². The van der Waals surface area contributed by atoms with Crippen LogP contribution < -0.4 is 5.32 Å². The molecule has 0 amide bonds. The van der Waals surface area contributed by atoms with Crippen molar-refractivity contribution in [3.8, 4) is 0 Å². The molecule has 3 rings (SSSR count). The standard InChI is InChI=1S/C14H20FN3/c15-13-3-1-2-12(8-13)11-17-4-6-18(7-5-17)14-9-16-10-14/h1-3,8,14,16H,4-7,9-11H2. The Labute approximate surface area is 108 Å². The van der Waals surface area contributed by atoms with Crippen molar-refractivity contribution in [3.05, 3.63) is 35.6 Å². The molecule has 2 aliphatic rings. The molecular weight excluding hydrogens is 229 g/mol. The van der Waals surface area contributed by atoms with Gasteiger partial charge in [0.25, 0.3) is 0 Å². The van der Waals surface area contributed by atoms with Crippen LogP contribution in [0, 0.1) is 5.82 Å². The lowest BCUT2D eigenvalue weighted by Gasteiger charge is -2.43. The highest BCUT2D eigenvalue weighted by Gasteiger charge is 2.27. The molecule has 1 aromatic rings. The van der Waals surface area contributed by atoms with E-state index >= 15 is 0 Å². The molecule has 1 aromatic carbocycles. The number of halogens is 1. The summed E-state index contributed by atoms with van der Waals surface area (Å²) in [6.45, 7) is 7.62. The highest BCUT2D eigenvalue weighted by molar-refractivity contribution is 5.16. The second kappa shape index (κ2) is 5.34. The number of piperazine rings is 1. The van der Waals surface area contributed by atoms with E-state index in [1.54, 1.807) is 12.1 Å². The molecular formula is C14H20FN3. The molecule has 2 aliphatic heterocycles. The molecule has 0 saturated carbocycles. The fraction of sp³-hybridized carbons (Fsp3) is 0.571. The van der Waals surface area contributed by atoms with Crippen molar-refractivity contribution in [2.24, 2.45) is 0 Å². The van der Waals surface area contributed by atoms with E-state index in [0.717, 1.165) is 57.4 Å². The van der Waals surface area contributed by atoms with Gasteiger partial charge in [0.15, 0.2) is 0 Å². The number of nitrogens with one attached hydrogen (secondary N) is 1.